The van der Waals surface area contributed by atoms with Crippen molar-refractivity contribution >= 4 is 5.65 Å². The second-order valence-electron chi connectivity index (χ2n) is 6.44. The average Bonchev–Trinajstić information content (AvgIpc) is 2.72. The molecule has 152 valence electrons. The van der Waals surface area contributed by atoms with Gasteiger partial charge in [0.1, 0.15) is 24.3 Å². The van der Waals surface area contributed by atoms with E-state index in [1.165, 1.54) is 35.6 Å². The molecule has 0 unspecified atom stereocenters. The highest BCUT2D eigenvalue weighted by atomic mass is 19.4. The minimum atomic E-state index is -4.98. The van der Waals surface area contributed by atoms with Crippen LogP contribution in [-0.2, 0) is 12.7 Å². The first-order valence-corrected chi connectivity index (χ1v) is 8.62. The summed E-state index contributed by atoms with van der Waals surface area (Å²) < 4.78 is 55.5. The van der Waals surface area contributed by atoms with Crippen LogP contribution in [0.3, 0.4) is 0 Å². The van der Waals surface area contributed by atoms with Gasteiger partial charge in [0.25, 0.3) is 5.65 Å². The maximum Gasteiger partial charge on any atom is 0.419 e. The Morgan fingerprint density at radius 3 is 2.53 bits per heavy atom. The molecule has 1 aromatic carbocycles. The quantitative estimate of drug-likeness (QED) is 0.380. The van der Waals surface area contributed by atoms with E-state index in [4.69, 9.17) is 0 Å². The van der Waals surface area contributed by atoms with Gasteiger partial charge in [-0.05, 0) is 23.8 Å². The van der Waals surface area contributed by atoms with E-state index in [1.807, 2.05) is 0 Å². The van der Waals surface area contributed by atoms with Crippen LogP contribution in [0.1, 0.15) is 11.1 Å². The van der Waals surface area contributed by atoms with Crippen molar-refractivity contribution in [3.8, 4) is 17.0 Å². The fourth-order valence-electron chi connectivity index (χ4n) is 3.17. The summed E-state index contributed by atoms with van der Waals surface area (Å²) in [6.45, 7) is -0.0201. The number of alkyl halides is 3. The second-order valence-corrected chi connectivity index (χ2v) is 6.44. The van der Waals surface area contributed by atoms with Crippen molar-refractivity contribution in [3.05, 3.63) is 88.6 Å². The molecule has 0 bridgehead atoms. The van der Waals surface area contributed by atoms with Crippen LogP contribution in [0.25, 0.3) is 16.8 Å². The highest BCUT2D eigenvalue weighted by molar-refractivity contribution is 5.67. The van der Waals surface area contributed by atoms with Crippen LogP contribution in [-0.4, -0.2) is 14.4 Å². The fourth-order valence-corrected chi connectivity index (χ4v) is 3.17. The van der Waals surface area contributed by atoms with Crippen molar-refractivity contribution in [1.29, 1.82) is 0 Å². The fraction of sp³-hybridized carbons (Fsp3) is 0.100. The highest BCUT2D eigenvalue weighted by Crippen LogP contribution is 2.34. The third kappa shape index (κ3) is 3.36. The lowest BCUT2D eigenvalue weighted by molar-refractivity contribution is -0.708. The third-order valence-electron chi connectivity index (χ3n) is 4.52. The van der Waals surface area contributed by atoms with Gasteiger partial charge in [-0.3, -0.25) is 0 Å². The smallest absolute Gasteiger partial charge is 0.419 e. The van der Waals surface area contributed by atoms with E-state index in [9.17, 15) is 27.5 Å². The molecule has 4 rings (SSSR count). The molecule has 0 amide bonds. The molecule has 0 aliphatic heterocycles. The molecule has 3 aromatic heterocycles. The Kier molecular flexibility index (Phi) is 4.69. The van der Waals surface area contributed by atoms with Gasteiger partial charge in [0.2, 0.25) is 0 Å². The predicted octanol–water partition coefficient (Wildman–Crippen LogP) is 2.32. The minimum absolute atomic E-state index is 0.0201. The van der Waals surface area contributed by atoms with Crippen molar-refractivity contribution < 1.29 is 27.2 Å². The maximum atomic E-state index is 13.7. The van der Waals surface area contributed by atoms with E-state index in [0.29, 0.717) is 17.7 Å². The van der Waals surface area contributed by atoms with E-state index in [1.54, 1.807) is 12.1 Å². The zero-order valence-corrected chi connectivity index (χ0v) is 15.1. The minimum Gasteiger partial charge on any atom is -0.842 e. The second kappa shape index (κ2) is 7.21. The normalized spacial score (nSPS) is 11.7. The molecule has 0 radical (unpaired) electrons. The molecular weight excluding hydrogens is 404 g/mol. The molecule has 0 atom stereocenters. The molecule has 0 spiro atoms. The molecule has 0 fully saturated rings. The summed E-state index contributed by atoms with van der Waals surface area (Å²) in [6.07, 6.45) is 0.676. The lowest BCUT2D eigenvalue weighted by Crippen LogP contribution is -2.44. The Bertz CT molecular complexity index is 1300. The van der Waals surface area contributed by atoms with Crippen LogP contribution < -0.4 is 15.2 Å². The summed E-state index contributed by atoms with van der Waals surface area (Å²) in [4.78, 5) is 20.7. The van der Waals surface area contributed by atoms with Gasteiger partial charge in [-0.15, -0.1) is 0 Å². The lowest BCUT2D eigenvalue weighted by atomic mass is 10.0. The highest BCUT2D eigenvalue weighted by Gasteiger charge is 2.35. The first kappa shape index (κ1) is 19.5. The van der Waals surface area contributed by atoms with Crippen LogP contribution in [0.15, 0.2) is 66.1 Å². The number of rotatable bonds is 3. The summed E-state index contributed by atoms with van der Waals surface area (Å²) in [6, 6.07) is 6.73. The summed E-state index contributed by atoms with van der Waals surface area (Å²) in [5.74, 6) is -2.30. The number of nitrogens with zero attached hydrogens (tertiary/aromatic N) is 4. The third-order valence-corrected chi connectivity index (χ3v) is 4.52. The van der Waals surface area contributed by atoms with E-state index in [2.05, 4.69) is 9.97 Å². The van der Waals surface area contributed by atoms with Crippen LogP contribution in [0.4, 0.5) is 17.6 Å². The number of pyridine rings is 1. The molecule has 0 aliphatic rings. The summed E-state index contributed by atoms with van der Waals surface area (Å²) in [7, 11) is 0. The van der Waals surface area contributed by atoms with Gasteiger partial charge in [-0.1, -0.05) is 12.1 Å². The first-order valence-electron chi connectivity index (χ1n) is 8.62. The molecule has 0 aliphatic carbocycles. The number of benzene rings is 1. The van der Waals surface area contributed by atoms with Gasteiger partial charge in [0.15, 0.2) is 0 Å². The molecule has 30 heavy (non-hydrogen) atoms. The Balaban J connectivity index is 2.01. The summed E-state index contributed by atoms with van der Waals surface area (Å²) >= 11 is 0. The SMILES string of the molecule is O=c1c(-c2ccc(F)c(C(F)(F)F)c2)c([O-])[n+](Cc2cncnc2)c2ccccn12. The topological polar surface area (TPSA) is 74.2 Å². The van der Waals surface area contributed by atoms with E-state index >= 15 is 0 Å². The lowest BCUT2D eigenvalue weighted by Gasteiger charge is -2.18. The molecule has 0 N–H and O–H groups in total. The summed E-state index contributed by atoms with van der Waals surface area (Å²) in [5, 5.41) is 13.2. The largest absolute Gasteiger partial charge is 0.842 e. The molecule has 3 heterocycles. The number of aromatic nitrogens is 4. The van der Waals surface area contributed by atoms with Crippen molar-refractivity contribution in [1.82, 2.24) is 14.4 Å². The molecule has 10 heteroatoms. The molecule has 0 saturated carbocycles. The van der Waals surface area contributed by atoms with Crippen molar-refractivity contribution in [2.24, 2.45) is 0 Å². The molecular formula is C20H12F4N4O2. The molecule has 6 nitrogen and oxygen atoms in total. The standard InChI is InChI=1S/C20H12F4N4O2/c21-15-5-4-13(7-14(15)20(22,23)24)17-18(29)27-6-2-1-3-16(27)28(19(17)30)10-12-8-25-11-26-9-12/h1-9,11H,10H2. The Morgan fingerprint density at radius 1 is 1.10 bits per heavy atom. The predicted molar refractivity (Wildman–Crippen MR) is 94.8 cm³/mol. The number of fused-ring (bicyclic) bond motifs is 1. The monoisotopic (exact) mass is 416 g/mol. The molecule has 0 saturated heterocycles. The Hall–Kier alpha value is -3.82. The van der Waals surface area contributed by atoms with Crippen LogP contribution in [0.5, 0.6) is 5.88 Å². The van der Waals surface area contributed by atoms with Gasteiger partial charge < -0.3 is 5.11 Å². The van der Waals surface area contributed by atoms with E-state index < -0.39 is 34.6 Å². The Morgan fingerprint density at radius 2 is 1.83 bits per heavy atom. The number of hydrogen-bond donors (Lipinski definition) is 0. The summed E-state index contributed by atoms with van der Waals surface area (Å²) in [5.41, 5.74) is -2.41. The molecule has 4 aromatic rings. The zero-order chi connectivity index (χ0) is 21.5. The van der Waals surface area contributed by atoms with Crippen molar-refractivity contribution in [2.45, 2.75) is 12.7 Å². The first-order chi connectivity index (χ1) is 14.3. The van der Waals surface area contributed by atoms with Gasteiger partial charge in [-0.25, -0.2) is 23.7 Å². The average molecular weight is 416 g/mol. The van der Waals surface area contributed by atoms with Crippen LogP contribution in [0, 0.1) is 5.82 Å². The maximum absolute atomic E-state index is 13.7. The van der Waals surface area contributed by atoms with E-state index in [-0.39, 0.29) is 17.8 Å². The van der Waals surface area contributed by atoms with E-state index in [0.717, 1.165) is 10.5 Å². The number of halogens is 4. The van der Waals surface area contributed by atoms with Gasteiger partial charge >= 0.3 is 11.7 Å². The van der Waals surface area contributed by atoms with Gasteiger partial charge in [0.05, 0.1) is 17.6 Å². The van der Waals surface area contributed by atoms with Crippen LogP contribution >= 0.6 is 0 Å². The zero-order valence-electron chi connectivity index (χ0n) is 15.1. The van der Waals surface area contributed by atoms with Crippen LogP contribution in [0.2, 0.25) is 0 Å². The van der Waals surface area contributed by atoms with Crippen molar-refractivity contribution in [3.63, 3.8) is 0 Å². The number of hydrogen-bond acceptors (Lipinski definition) is 4. The van der Waals surface area contributed by atoms with Crippen molar-refractivity contribution in [2.75, 3.05) is 0 Å². The van der Waals surface area contributed by atoms with Gasteiger partial charge in [-0.2, -0.15) is 17.6 Å². The Labute approximate surface area is 166 Å². The van der Waals surface area contributed by atoms with Gasteiger partial charge in [0, 0.05) is 24.0 Å².